The highest BCUT2D eigenvalue weighted by atomic mass is 15.1. The third-order valence-corrected chi connectivity index (χ3v) is 11.3. The van der Waals surface area contributed by atoms with E-state index >= 15 is 0 Å². The molecule has 0 aliphatic carbocycles. The van der Waals surface area contributed by atoms with Gasteiger partial charge in [0.2, 0.25) is 0 Å². The Kier molecular flexibility index (Phi) is 6.27. The topological polar surface area (TPSA) is 40.6 Å². The summed E-state index contributed by atoms with van der Waals surface area (Å²) < 4.78 is 7.13. The molecule has 0 saturated carbocycles. The fourth-order valence-electron chi connectivity index (χ4n) is 8.96. The maximum Gasteiger partial charge on any atom is 0.147 e. The lowest BCUT2D eigenvalue weighted by atomic mass is 10.00. The number of nitrogens with zero attached hydrogens (tertiary/aromatic N) is 5. The van der Waals surface area contributed by atoms with Gasteiger partial charge in [0.15, 0.2) is 0 Å². The van der Waals surface area contributed by atoms with Gasteiger partial charge in [-0.1, -0.05) is 103 Å². The minimum absolute atomic E-state index is 0.867. The normalized spacial score (nSPS) is 12.0. The van der Waals surface area contributed by atoms with Gasteiger partial charge >= 0.3 is 0 Å². The average molecular weight is 702 g/mol. The number of para-hydroxylation sites is 3. The number of imidazole rings is 1. The van der Waals surface area contributed by atoms with Crippen LogP contribution >= 0.6 is 0 Å². The van der Waals surface area contributed by atoms with Crippen LogP contribution in [0.4, 0.5) is 0 Å². The summed E-state index contributed by atoms with van der Waals surface area (Å²) in [6, 6.07) is 63.3. The van der Waals surface area contributed by atoms with E-state index in [0.717, 1.165) is 44.9 Å². The van der Waals surface area contributed by atoms with Crippen LogP contribution in [0.3, 0.4) is 0 Å². The van der Waals surface area contributed by atoms with E-state index in [9.17, 15) is 0 Å². The molecule has 12 rings (SSSR count). The molecule has 0 aliphatic rings. The number of pyridine rings is 1. The van der Waals surface area contributed by atoms with Gasteiger partial charge in [-0.25, -0.2) is 4.98 Å². The van der Waals surface area contributed by atoms with Gasteiger partial charge in [-0.05, 0) is 83.6 Å². The molecule has 0 spiro atoms. The van der Waals surface area contributed by atoms with Gasteiger partial charge in [0.05, 0.1) is 33.1 Å². The van der Waals surface area contributed by atoms with Crippen LogP contribution in [0.2, 0.25) is 0 Å². The molecule has 0 unspecified atom stereocenters. The molecular formula is C50H31N5. The minimum atomic E-state index is 0.867. The van der Waals surface area contributed by atoms with Crippen molar-refractivity contribution >= 4 is 76.2 Å². The van der Waals surface area contributed by atoms with Crippen molar-refractivity contribution in [3.63, 3.8) is 0 Å². The summed E-state index contributed by atoms with van der Waals surface area (Å²) in [6.07, 6.45) is 3.72. The fraction of sp³-hybridized carbons (Fsp3) is 0. The smallest absolute Gasteiger partial charge is 0.147 e. The number of hydrogen-bond donors (Lipinski definition) is 0. The molecule has 0 atom stereocenters. The molecule has 256 valence electrons. The summed E-state index contributed by atoms with van der Waals surface area (Å²) in [5.41, 5.74) is 11.1. The lowest BCUT2D eigenvalue weighted by Gasteiger charge is -2.14. The Labute approximate surface area is 315 Å². The molecule has 0 radical (unpaired) electrons. The second-order valence-electron chi connectivity index (χ2n) is 14.2. The van der Waals surface area contributed by atoms with Crippen molar-refractivity contribution in [2.45, 2.75) is 0 Å². The molecular weight excluding hydrogens is 671 g/mol. The Morgan fingerprint density at radius 3 is 1.44 bits per heavy atom. The predicted octanol–water partition coefficient (Wildman–Crippen LogP) is 12.6. The van der Waals surface area contributed by atoms with Gasteiger partial charge in [0.25, 0.3) is 0 Å². The van der Waals surface area contributed by atoms with Crippen molar-refractivity contribution in [1.29, 1.82) is 0 Å². The number of aromatic nitrogens is 5. The summed E-state index contributed by atoms with van der Waals surface area (Å²) in [4.78, 5) is 9.88. The molecule has 55 heavy (non-hydrogen) atoms. The molecule has 5 heteroatoms. The fourth-order valence-corrected chi connectivity index (χ4v) is 8.96. The Balaban J connectivity index is 1.12. The first-order valence-electron chi connectivity index (χ1n) is 18.7. The van der Waals surface area contributed by atoms with Gasteiger partial charge < -0.3 is 9.13 Å². The monoisotopic (exact) mass is 701 g/mol. The van der Waals surface area contributed by atoms with Crippen LogP contribution in [0.15, 0.2) is 188 Å². The minimum Gasteiger partial charge on any atom is -0.309 e. The first kappa shape index (κ1) is 30.0. The molecule has 0 amide bonds. The van der Waals surface area contributed by atoms with Gasteiger partial charge in [0, 0.05) is 67.3 Å². The average Bonchev–Trinajstić information content (AvgIpc) is 3.92. The summed E-state index contributed by atoms with van der Waals surface area (Å²) in [5.74, 6) is 0.867. The standard InChI is InChI=1S/C50H31N5/c1-2-14-33(15-3-1)53-44-22-10-8-18-38(44)42-30-47-43(29-46(42)53)39-19-9-11-23-45(39)54(47)34-24-26-35(27-25-34)55-49-41-21-7-5-17-37(41)36-16-4-6-20-40(36)48(49)52-50(55)32-13-12-28-51-31-32/h1-31H. The van der Waals surface area contributed by atoms with Crippen molar-refractivity contribution in [3.05, 3.63) is 188 Å². The van der Waals surface area contributed by atoms with E-state index in [4.69, 9.17) is 4.98 Å². The summed E-state index contributed by atoms with van der Waals surface area (Å²) >= 11 is 0. The van der Waals surface area contributed by atoms with Gasteiger partial charge in [0.1, 0.15) is 5.82 Å². The highest BCUT2D eigenvalue weighted by Crippen LogP contribution is 2.41. The summed E-state index contributed by atoms with van der Waals surface area (Å²) in [6.45, 7) is 0. The van der Waals surface area contributed by atoms with Gasteiger partial charge in [-0.15, -0.1) is 0 Å². The molecule has 12 aromatic rings. The summed E-state index contributed by atoms with van der Waals surface area (Å²) in [5, 5.41) is 9.66. The zero-order valence-electron chi connectivity index (χ0n) is 29.6. The van der Waals surface area contributed by atoms with E-state index in [1.807, 2.05) is 18.5 Å². The lowest BCUT2D eigenvalue weighted by molar-refractivity contribution is 1.09. The van der Waals surface area contributed by atoms with Crippen molar-refractivity contribution < 1.29 is 0 Å². The van der Waals surface area contributed by atoms with E-state index in [1.54, 1.807) is 0 Å². The number of rotatable bonds is 4. The number of hydrogen-bond acceptors (Lipinski definition) is 2. The third-order valence-electron chi connectivity index (χ3n) is 11.3. The molecule has 4 aromatic heterocycles. The highest BCUT2D eigenvalue weighted by Gasteiger charge is 2.22. The second kappa shape index (κ2) is 11.5. The van der Waals surface area contributed by atoms with Crippen molar-refractivity contribution in [1.82, 2.24) is 23.7 Å². The van der Waals surface area contributed by atoms with Crippen molar-refractivity contribution in [3.8, 4) is 28.5 Å². The van der Waals surface area contributed by atoms with E-state index in [-0.39, 0.29) is 0 Å². The molecule has 8 aromatic carbocycles. The molecule has 0 bridgehead atoms. The number of benzene rings is 8. The zero-order chi connectivity index (χ0) is 36.0. The van der Waals surface area contributed by atoms with Crippen LogP contribution in [0.5, 0.6) is 0 Å². The van der Waals surface area contributed by atoms with Crippen LogP contribution in [0.1, 0.15) is 0 Å². The molecule has 0 saturated heterocycles. The first-order valence-corrected chi connectivity index (χ1v) is 18.7. The van der Waals surface area contributed by atoms with Crippen LogP contribution in [0.25, 0.3) is 105 Å². The van der Waals surface area contributed by atoms with Crippen molar-refractivity contribution in [2.75, 3.05) is 0 Å². The Hall–Kier alpha value is -7.50. The molecule has 4 heterocycles. The molecule has 0 aliphatic heterocycles. The van der Waals surface area contributed by atoms with E-state index in [1.165, 1.54) is 59.8 Å². The van der Waals surface area contributed by atoms with E-state index in [0.29, 0.717) is 0 Å². The maximum atomic E-state index is 5.39. The lowest BCUT2D eigenvalue weighted by Crippen LogP contribution is -2.00. The quantitative estimate of drug-likeness (QED) is 0.171. The Bertz CT molecular complexity index is 3460. The summed E-state index contributed by atoms with van der Waals surface area (Å²) in [7, 11) is 0. The van der Waals surface area contributed by atoms with E-state index in [2.05, 4.69) is 189 Å². The third kappa shape index (κ3) is 4.29. The first-order chi connectivity index (χ1) is 27.3. The second-order valence-corrected chi connectivity index (χ2v) is 14.2. The Morgan fingerprint density at radius 2 is 0.836 bits per heavy atom. The zero-order valence-corrected chi connectivity index (χ0v) is 29.6. The molecule has 0 N–H and O–H groups in total. The largest absolute Gasteiger partial charge is 0.309 e. The highest BCUT2D eigenvalue weighted by molar-refractivity contribution is 6.24. The van der Waals surface area contributed by atoms with Crippen LogP contribution in [0, 0.1) is 0 Å². The predicted molar refractivity (Wildman–Crippen MR) is 228 cm³/mol. The van der Waals surface area contributed by atoms with Crippen LogP contribution in [-0.4, -0.2) is 23.7 Å². The SMILES string of the molecule is c1ccc(-n2c3ccccc3c3cc4c(cc32)c2ccccc2n4-c2ccc(-n3c(-c4cccnc4)nc4c5ccccc5c5ccccc5c43)cc2)cc1. The molecule has 0 fully saturated rings. The number of fused-ring (bicyclic) bond motifs is 12. The Morgan fingerprint density at radius 1 is 0.345 bits per heavy atom. The maximum absolute atomic E-state index is 5.39. The van der Waals surface area contributed by atoms with Gasteiger partial charge in [-0.2, -0.15) is 0 Å². The van der Waals surface area contributed by atoms with Crippen molar-refractivity contribution in [2.24, 2.45) is 0 Å². The van der Waals surface area contributed by atoms with E-state index < -0.39 is 0 Å². The van der Waals surface area contributed by atoms with Gasteiger partial charge in [-0.3, -0.25) is 9.55 Å². The van der Waals surface area contributed by atoms with Crippen LogP contribution < -0.4 is 0 Å². The molecule has 5 nitrogen and oxygen atoms in total. The van der Waals surface area contributed by atoms with Crippen LogP contribution in [-0.2, 0) is 0 Å².